The van der Waals surface area contributed by atoms with Gasteiger partial charge in [-0.25, -0.2) is 4.98 Å². The zero-order valence-corrected chi connectivity index (χ0v) is 9.05. The summed E-state index contributed by atoms with van der Waals surface area (Å²) < 4.78 is 5.18. The summed E-state index contributed by atoms with van der Waals surface area (Å²) in [5.74, 6) is 1.27. The Balaban J connectivity index is 2.00. The summed E-state index contributed by atoms with van der Waals surface area (Å²) in [6.45, 7) is 2.04. The summed E-state index contributed by atoms with van der Waals surface area (Å²) >= 11 is 0. The molecule has 1 atom stereocenters. The molecule has 0 bridgehead atoms. The largest absolute Gasteiger partial charge is 0.466 e. The lowest BCUT2D eigenvalue weighted by Crippen LogP contribution is -2.30. The third kappa shape index (κ3) is 2.41. The lowest BCUT2D eigenvalue weighted by molar-refractivity contribution is 0.0476. The van der Waals surface area contributed by atoms with Crippen LogP contribution in [0.15, 0.2) is 47.2 Å². The Morgan fingerprint density at radius 1 is 1.38 bits per heavy atom. The summed E-state index contributed by atoms with van der Waals surface area (Å²) in [4.78, 5) is 4.11. The van der Waals surface area contributed by atoms with Crippen LogP contribution in [-0.4, -0.2) is 16.6 Å². The maximum absolute atomic E-state index is 10.2. The molecule has 0 aliphatic carbocycles. The van der Waals surface area contributed by atoms with E-state index in [9.17, 15) is 5.11 Å². The van der Waals surface area contributed by atoms with E-state index in [0.29, 0.717) is 12.3 Å². The van der Waals surface area contributed by atoms with Gasteiger partial charge < -0.3 is 14.8 Å². The molecule has 0 amide bonds. The molecule has 0 saturated heterocycles. The molecule has 84 valence electrons. The maximum atomic E-state index is 10.2. The molecule has 0 aliphatic rings. The second kappa shape index (κ2) is 4.37. The van der Waals surface area contributed by atoms with Crippen molar-refractivity contribution in [2.45, 2.75) is 12.5 Å². The predicted octanol–water partition coefficient (Wildman–Crippen LogP) is 1.99. The highest BCUT2D eigenvalue weighted by atomic mass is 16.4. The van der Waals surface area contributed by atoms with Crippen molar-refractivity contribution in [2.75, 3.05) is 11.9 Å². The molecule has 2 aromatic rings. The van der Waals surface area contributed by atoms with Crippen molar-refractivity contribution >= 4 is 5.82 Å². The van der Waals surface area contributed by atoms with Gasteiger partial charge in [-0.2, -0.15) is 0 Å². The molecule has 0 aromatic carbocycles. The minimum absolute atomic E-state index is 0.345. The number of anilines is 1. The van der Waals surface area contributed by atoms with Crippen LogP contribution in [0.25, 0.3) is 0 Å². The summed E-state index contributed by atoms with van der Waals surface area (Å²) in [5.41, 5.74) is -1.04. The van der Waals surface area contributed by atoms with Crippen LogP contribution in [0.2, 0.25) is 0 Å². The third-order valence-electron chi connectivity index (χ3n) is 2.33. The molecule has 2 N–H and O–H groups in total. The van der Waals surface area contributed by atoms with Crippen LogP contribution in [0.5, 0.6) is 0 Å². The fourth-order valence-electron chi connectivity index (χ4n) is 1.40. The number of aromatic nitrogens is 1. The first-order chi connectivity index (χ1) is 7.68. The van der Waals surface area contributed by atoms with Gasteiger partial charge in [-0.3, -0.25) is 0 Å². The Bertz CT molecular complexity index is 424. The van der Waals surface area contributed by atoms with Crippen LogP contribution in [0, 0.1) is 0 Å². The Morgan fingerprint density at radius 2 is 2.25 bits per heavy atom. The van der Waals surface area contributed by atoms with Crippen molar-refractivity contribution in [2.24, 2.45) is 0 Å². The van der Waals surface area contributed by atoms with Gasteiger partial charge in [0.2, 0.25) is 0 Å². The standard InChI is InChI=1S/C12H14N2O2/c1-12(15,10-5-4-8-16-10)9-14-11-6-2-3-7-13-11/h2-8,15H,9H2,1H3,(H,13,14). The van der Waals surface area contributed by atoms with E-state index < -0.39 is 5.60 Å². The number of nitrogens with one attached hydrogen (secondary N) is 1. The van der Waals surface area contributed by atoms with Crippen LogP contribution < -0.4 is 5.32 Å². The molecular weight excluding hydrogens is 204 g/mol. The first-order valence-electron chi connectivity index (χ1n) is 5.10. The van der Waals surface area contributed by atoms with Gasteiger partial charge in [0, 0.05) is 6.20 Å². The summed E-state index contributed by atoms with van der Waals surface area (Å²) in [7, 11) is 0. The Hall–Kier alpha value is -1.81. The van der Waals surface area contributed by atoms with Crippen LogP contribution in [0.1, 0.15) is 12.7 Å². The number of pyridine rings is 1. The number of hydrogen-bond donors (Lipinski definition) is 2. The fourth-order valence-corrected chi connectivity index (χ4v) is 1.40. The SMILES string of the molecule is CC(O)(CNc1ccccn1)c1ccco1. The number of furan rings is 1. The van der Waals surface area contributed by atoms with Gasteiger partial charge in [0.05, 0.1) is 12.8 Å². The van der Waals surface area contributed by atoms with Crippen molar-refractivity contribution in [1.29, 1.82) is 0 Å². The summed E-state index contributed by atoms with van der Waals surface area (Å²) in [6.07, 6.45) is 3.24. The van der Waals surface area contributed by atoms with Crippen molar-refractivity contribution < 1.29 is 9.52 Å². The molecule has 0 fully saturated rings. The molecule has 2 aromatic heterocycles. The molecule has 4 nitrogen and oxygen atoms in total. The Labute approximate surface area is 93.9 Å². The molecule has 0 saturated carbocycles. The number of nitrogens with zero attached hydrogens (tertiary/aromatic N) is 1. The smallest absolute Gasteiger partial charge is 0.136 e. The quantitative estimate of drug-likeness (QED) is 0.824. The number of rotatable bonds is 4. The zero-order valence-electron chi connectivity index (χ0n) is 9.05. The molecule has 0 aliphatic heterocycles. The molecular formula is C12H14N2O2. The van der Waals surface area contributed by atoms with Gasteiger partial charge in [-0.05, 0) is 31.2 Å². The monoisotopic (exact) mass is 218 g/mol. The van der Waals surface area contributed by atoms with Gasteiger partial charge in [0.25, 0.3) is 0 Å². The molecule has 2 rings (SSSR count). The number of aliphatic hydroxyl groups is 1. The molecule has 2 heterocycles. The van der Waals surface area contributed by atoms with Gasteiger partial charge in [-0.1, -0.05) is 6.07 Å². The summed E-state index contributed by atoms with van der Waals surface area (Å²) in [5, 5.41) is 13.2. The van der Waals surface area contributed by atoms with Gasteiger partial charge in [0.1, 0.15) is 17.2 Å². The average Bonchev–Trinajstić information content (AvgIpc) is 2.82. The average molecular weight is 218 g/mol. The van der Waals surface area contributed by atoms with E-state index in [1.807, 2.05) is 18.2 Å². The van der Waals surface area contributed by atoms with Crippen LogP contribution >= 0.6 is 0 Å². The first kappa shape index (κ1) is 10.7. The second-order valence-electron chi connectivity index (χ2n) is 3.82. The van der Waals surface area contributed by atoms with E-state index in [4.69, 9.17) is 4.42 Å². The molecule has 1 unspecified atom stereocenters. The second-order valence-corrected chi connectivity index (χ2v) is 3.82. The first-order valence-corrected chi connectivity index (χ1v) is 5.10. The highest BCUT2D eigenvalue weighted by Crippen LogP contribution is 2.21. The molecule has 4 heteroatoms. The van der Waals surface area contributed by atoms with E-state index >= 15 is 0 Å². The Kier molecular flexibility index (Phi) is 2.92. The predicted molar refractivity (Wildman–Crippen MR) is 61.0 cm³/mol. The minimum atomic E-state index is -1.04. The Morgan fingerprint density at radius 3 is 2.88 bits per heavy atom. The lowest BCUT2D eigenvalue weighted by atomic mass is 10.0. The van der Waals surface area contributed by atoms with E-state index in [1.54, 1.807) is 31.5 Å². The maximum Gasteiger partial charge on any atom is 0.136 e. The topological polar surface area (TPSA) is 58.3 Å². The van der Waals surface area contributed by atoms with Crippen molar-refractivity contribution in [1.82, 2.24) is 4.98 Å². The van der Waals surface area contributed by atoms with Gasteiger partial charge >= 0.3 is 0 Å². The zero-order chi connectivity index (χ0) is 11.4. The summed E-state index contributed by atoms with van der Waals surface area (Å²) in [6, 6.07) is 9.08. The van der Waals surface area contributed by atoms with Crippen LogP contribution in [0.4, 0.5) is 5.82 Å². The van der Waals surface area contributed by atoms with Crippen molar-refractivity contribution in [3.8, 4) is 0 Å². The highest BCUT2D eigenvalue weighted by molar-refractivity contribution is 5.34. The normalized spacial score (nSPS) is 14.4. The molecule has 0 radical (unpaired) electrons. The molecule has 16 heavy (non-hydrogen) atoms. The van der Waals surface area contributed by atoms with Crippen LogP contribution in [0.3, 0.4) is 0 Å². The van der Waals surface area contributed by atoms with E-state index in [2.05, 4.69) is 10.3 Å². The lowest BCUT2D eigenvalue weighted by Gasteiger charge is -2.21. The molecule has 0 spiro atoms. The minimum Gasteiger partial charge on any atom is -0.466 e. The third-order valence-corrected chi connectivity index (χ3v) is 2.33. The van der Waals surface area contributed by atoms with Crippen molar-refractivity contribution in [3.05, 3.63) is 48.6 Å². The number of hydrogen-bond acceptors (Lipinski definition) is 4. The van der Waals surface area contributed by atoms with Crippen molar-refractivity contribution in [3.63, 3.8) is 0 Å². The van der Waals surface area contributed by atoms with Gasteiger partial charge in [-0.15, -0.1) is 0 Å². The van der Waals surface area contributed by atoms with Gasteiger partial charge in [0.15, 0.2) is 0 Å². The fraction of sp³-hybridized carbons (Fsp3) is 0.250. The van der Waals surface area contributed by atoms with Crippen LogP contribution in [-0.2, 0) is 5.60 Å². The van der Waals surface area contributed by atoms with E-state index in [-0.39, 0.29) is 0 Å². The van der Waals surface area contributed by atoms with E-state index in [1.165, 1.54) is 0 Å². The van der Waals surface area contributed by atoms with E-state index in [0.717, 1.165) is 5.82 Å². The highest BCUT2D eigenvalue weighted by Gasteiger charge is 2.25.